The molecule has 1 saturated heterocycles. The summed E-state index contributed by atoms with van der Waals surface area (Å²) in [5, 5.41) is 29.0. The number of aliphatic hydroxyl groups is 2. The summed E-state index contributed by atoms with van der Waals surface area (Å²) in [6, 6.07) is 0. The fourth-order valence-corrected chi connectivity index (χ4v) is 4.24. The normalized spacial score (nSPS) is 33.0. The second kappa shape index (κ2) is 10.3. The number of carbonyl (C=O) groups is 1. The Morgan fingerprint density at radius 3 is 2.76 bits per heavy atom. The molecule has 0 amide bonds. The maximum absolute atomic E-state index is 10.6. The molecular weight excluding hydrogens is 320 g/mol. The first-order valence-electron chi connectivity index (χ1n) is 9.93. The van der Waals surface area contributed by atoms with Crippen LogP contribution in [0.1, 0.15) is 71.1 Å². The van der Waals surface area contributed by atoms with Crippen LogP contribution in [-0.4, -0.2) is 45.7 Å². The van der Waals surface area contributed by atoms with Gasteiger partial charge in [-0.25, -0.2) is 0 Å². The number of ether oxygens (including phenoxy) is 1. The molecule has 1 aliphatic carbocycles. The van der Waals surface area contributed by atoms with E-state index in [9.17, 15) is 15.0 Å². The van der Waals surface area contributed by atoms with E-state index in [-0.39, 0.29) is 30.7 Å². The average Bonchev–Trinajstić information content (AvgIpc) is 3.06. The summed E-state index contributed by atoms with van der Waals surface area (Å²) in [5.74, 6) is -0.358. The van der Waals surface area contributed by atoms with Gasteiger partial charge in [0.25, 0.3) is 0 Å². The van der Waals surface area contributed by atoms with Crippen LogP contribution in [0.5, 0.6) is 0 Å². The van der Waals surface area contributed by atoms with E-state index in [4.69, 9.17) is 9.84 Å². The Bertz CT molecular complexity index is 436. The zero-order valence-corrected chi connectivity index (χ0v) is 15.3. The molecule has 1 saturated carbocycles. The molecule has 5 nitrogen and oxygen atoms in total. The monoisotopic (exact) mass is 354 g/mol. The standard InChI is InChI=1S/C20H34O5/c1-2-3-4-7-14(21)10-11-16-17-12-15(8-5-6-9-20(23)24)25-19(17)13-18(16)22/h10-11,14-19,21-22H,2-9,12-13H2,1H3,(H,23,24)/b11-10+/t14-,15-,16+,17+,18+,19-/m0/s1. The van der Waals surface area contributed by atoms with Gasteiger partial charge in [0, 0.05) is 18.8 Å². The molecule has 0 aromatic heterocycles. The minimum atomic E-state index is -0.741. The third kappa shape index (κ3) is 6.39. The van der Waals surface area contributed by atoms with Crippen LogP contribution in [0, 0.1) is 11.8 Å². The van der Waals surface area contributed by atoms with Crippen molar-refractivity contribution in [2.45, 2.75) is 95.5 Å². The molecule has 0 aromatic rings. The third-order valence-electron chi connectivity index (χ3n) is 5.62. The van der Waals surface area contributed by atoms with Crippen molar-refractivity contribution in [3.63, 3.8) is 0 Å². The number of carboxylic acids is 1. The molecule has 0 aromatic carbocycles. The second-order valence-corrected chi connectivity index (χ2v) is 7.66. The first-order chi connectivity index (χ1) is 12.0. The van der Waals surface area contributed by atoms with Crippen LogP contribution in [0.3, 0.4) is 0 Å². The second-order valence-electron chi connectivity index (χ2n) is 7.66. The van der Waals surface area contributed by atoms with E-state index in [0.29, 0.717) is 18.8 Å². The van der Waals surface area contributed by atoms with Gasteiger partial charge in [0.1, 0.15) is 0 Å². The largest absolute Gasteiger partial charge is 0.481 e. The average molecular weight is 354 g/mol. The van der Waals surface area contributed by atoms with E-state index in [1.807, 2.05) is 12.2 Å². The van der Waals surface area contributed by atoms with Crippen molar-refractivity contribution in [3.8, 4) is 0 Å². The molecule has 2 rings (SSSR count). The quantitative estimate of drug-likeness (QED) is 0.391. The molecule has 3 N–H and O–H groups in total. The van der Waals surface area contributed by atoms with Gasteiger partial charge in [0.15, 0.2) is 0 Å². The number of rotatable bonds is 11. The van der Waals surface area contributed by atoms with Crippen LogP contribution in [0.4, 0.5) is 0 Å². The highest BCUT2D eigenvalue weighted by atomic mass is 16.5. The van der Waals surface area contributed by atoms with Crippen LogP contribution < -0.4 is 0 Å². The predicted molar refractivity (Wildman–Crippen MR) is 96.3 cm³/mol. The SMILES string of the molecule is CCCCC[C@H](O)/C=C/[C@@H]1[C@H]2C[C@H](CCCCC(=O)O)O[C@H]2C[C@H]1O. The minimum absolute atomic E-state index is 0.0647. The van der Waals surface area contributed by atoms with Gasteiger partial charge in [-0.1, -0.05) is 44.8 Å². The van der Waals surface area contributed by atoms with Gasteiger partial charge in [-0.15, -0.1) is 0 Å². The zero-order valence-electron chi connectivity index (χ0n) is 15.3. The molecule has 0 unspecified atom stereocenters. The van der Waals surface area contributed by atoms with Crippen LogP contribution in [0.25, 0.3) is 0 Å². The Balaban J connectivity index is 1.76. The number of fused-ring (bicyclic) bond motifs is 1. The summed E-state index contributed by atoms with van der Waals surface area (Å²) in [7, 11) is 0. The fourth-order valence-electron chi connectivity index (χ4n) is 4.24. The highest BCUT2D eigenvalue weighted by Crippen LogP contribution is 2.45. The number of carboxylic acid groups (broad SMARTS) is 1. The Hall–Kier alpha value is -0.910. The maximum Gasteiger partial charge on any atom is 0.303 e. The number of aliphatic hydroxyl groups excluding tert-OH is 2. The number of aliphatic carboxylic acids is 1. The molecule has 0 radical (unpaired) electrons. The van der Waals surface area contributed by atoms with Crippen molar-refractivity contribution >= 4 is 5.97 Å². The molecule has 1 aliphatic heterocycles. The Morgan fingerprint density at radius 2 is 2.04 bits per heavy atom. The van der Waals surface area contributed by atoms with Crippen LogP contribution in [-0.2, 0) is 9.53 Å². The molecule has 2 fully saturated rings. The lowest BCUT2D eigenvalue weighted by molar-refractivity contribution is -0.137. The van der Waals surface area contributed by atoms with E-state index < -0.39 is 12.1 Å². The third-order valence-corrected chi connectivity index (χ3v) is 5.62. The van der Waals surface area contributed by atoms with Gasteiger partial charge < -0.3 is 20.1 Å². The maximum atomic E-state index is 10.6. The van der Waals surface area contributed by atoms with E-state index in [2.05, 4.69) is 6.92 Å². The van der Waals surface area contributed by atoms with Gasteiger partial charge in [0.2, 0.25) is 0 Å². The van der Waals surface area contributed by atoms with Gasteiger partial charge in [-0.05, 0) is 31.6 Å². The van der Waals surface area contributed by atoms with E-state index in [0.717, 1.165) is 44.9 Å². The number of unbranched alkanes of at least 4 members (excludes halogenated alkanes) is 3. The topological polar surface area (TPSA) is 87.0 Å². The zero-order chi connectivity index (χ0) is 18.2. The van der Waals surface area contributed by atoms with Crippen LogP contribution in [0.2, 0.25) is 0 Å². The number of hydrogen-bond donors (Lipinski definition) is 3. The Morgan fingerprint density at radius 1 is 1.24 bits per heavy atom. The molecule has 5 heteroatoms. The number of hydrogen-bond acceptors (Lipinski definition) is 4. The smallest absolute Gasteiger partial charge is 0.303 e. The molecule has 144 valence electrons. The summed E-state index contributed by atoms with van der Waals surface area (Å²) in [4.78, 5) is 10.6. The van der Waals surface area contributed by atoms with Crippen molar-refractivity contribution in [1.29, 1.82) is 0 Å². The summed E-state index contributed by atoms with van der Waals surface area (Å²) in [5.41, 5.74) is 0. The van der Waals surface area contributed by atoms with Crippen molar-refractivity contribution in [2.24, 2.45) is 11.8 Å². The summed E-state index contributed by atoms with van der Waals surface area (Å²) in [6.45, 7) is 2.15. The summed E-state index contributed by atoms with van der Waals surface area (Å²) < 4.78 is 6.08. The molecule has 6 atom stereocenters. The highest BCUT2D eigenvalue weighted by Gasteiger charge is 2.47. The molecule has 0 spiro atoms. The summed E-state index contributed by atoms with van der Waals surface area (Å²) in [6.07, 6.45) is 11.7. The van der Waals surface area contributed by atoms with E-state index >= 15 is 0 Å². The first-order valence-corrected chi connectivity index (χ1v) is 9.93. The minimum Gasteiger partial charge on any atom is -0.481 e. The van der Waals surface area contributed by atoms with Crippen molar-refractivity contribution in [2.75, 3.05) is 0 Å². The molecule has 0 bridgehead atoms. The lowest BCUT2D eigenvalue weighted by Crippen LogP contribution is -2.19. The lowest BCUT2D eigenvalue weighted by atomic mass is 9.89. The predicted octanol–water partition coefficient (Wildman–Crippen LogP) is 3.28. The van der Waals surface area contributed by atoms with E-state index in [1.165, 1.54) is 0 Å². The Labute approximate surface area is 151 Å². The summed E-state index contributed by atoms with van der Waals surface area (Å²) >= 11 is 0. The fraction of sp³-hybridized carbons (Fsp3) is 0.850. The van der Waals surface area contributed by atoms with Gasteiger partial charge in [0.05, 0.1) is 24.4 Å². The molecule has 25 heavy (non-hydrogen) atoms. The van der Waals surface area contributed by atoms with Crippen LogP contribution >= 0.6 is 0 Å². The molecule has 2 aliphatic rings. The first kappa shape index (κ1) is 20.4. The van der Waals surface area contributed by atoms with Crippen molar-refractivity contribution < 1.29 is 24.9 Å². The Kier molecular flexibility index (Phi) is 8.40. The molecule has 1 heterocycles. The van der Waals surface area contributed by atoms with Gasteiger partial charge >= 0.3 is 5.97 Å². The van der Waals surface area contributed by atoms with Gasteiger partial charge in [-0.2, -0.15) is 0 Å². The molecular formula is C20H34O5. The van der Waals surface area contributed by atoms with Crippen molar-refractivity contribution in [3.05, 3.63) is 12.2 Å². The lowest BCUT2D eigenvalue weighted by Gasteiger charge is -2.18. The van der Waals surface area contributed by atoms with Crippen molar-refractivity contribution in [1.82, 2.24) is 0 Å². The highest BCUT2D eigenvalue weighted by molar-refractivity contribution is 5.66. The van der Waals surface area contributed by atoms with Crippen LogP contribution in [0.15, 0.2) is 12.2 Å². The van der Waals surface area contributed by atoms with E-state index in [1.54, 1.807) is 0 Å². The van der Waals surface area contributed by atoms with Gasteiger partial charge in [-0.3, -0.25) is 4.79 Å².